The molecule has 1 aliphatic rings. The van der Waals surface area contributed by atoms with Crippen molar-refractivity contribution in [2.45, 2.75) is 26.8 Å². The van der Waals surface area contributed by atoms with E-state index in [9.17, 15) is 9.18 Å². The fourth-order valence-electron chi connectivity index (χ4n) is 2.74. The maximum atomic E-state index is 13.8. The maximum Gasteiger partial charge on any atom is 0.340 e. The summed E-state index contributed by atoms with van der Waals surface area (Å²) in [4.78, 5) is 13.7. The first-order valence-corrected chi connectivity index (χ1v) is 7.10. The van der Waals surface area contributed by atoms with Crippen LogP contribution in [-0.4, -0.2) is 31.1 Å². The van der Waals surface area contributed by atoms with Gasteiger partial charge in [-0.2, -0.15) is 0 Å². The van der Waals surface area contributed by atoms with Gasteiger partial charge in [0.05, 0.1) is 12.7 Å². The van der Waals surface area contributed by atoms with E-state index >= 15 is 0 Å². The number of methoxy groups -OCH3 is 1. The second-order valence-electron chi connectivity index (χ2n) is 5.83. The summed E-state index contributed by atoms with van der Waals surface area (Å²) in [5, 5.41) is 0. The van der Waals surface area contributed by atoms with E-state index in [4.69, 9.17) is 0 Å². The highest BCUT2D eigenvalue weighted by Crippen LogP contribution is 2.25. The van der Waals surface area contributed by atoms with Crippen molar-refractivity contribution >= 4 is 5.97 Å². The third kappa shape index (κ3) is 3.37. The smallest absolute Gasteiger partial charge is 0.340 e. The second kappa shape index (κ2) is 6.35. The molecule has 110 valence electrons. The summed E-state index contributed by atoms with van der Waals surface area (Å²) in [6.07, 6.45) is 1.21. The van der Waals surface area contributed by atoms with Crippen molar-refractivity contribution in [2.24, 2.45) is 11.8 Å². The maximum absolute atomic E-state index is 13.8. The van der Waals surface area contributed by atoms with Crippen molar-refractivity contribution in [2.75, 3.05) is 20.2 Å². The number of ether oxygens (including phenoxy) is 1. The summed E-state index contributed by atoms with van der Waals surface area (Å²) in [5.41, 5.74) is 0.900. The Labute approximate surface area is 119 Å². The van der Waals surface area contributed by atoms with Crippen LogP contribution in [0.2, 0.25) is 0 Å². The van der Waals surface area contributed by atoms with Gasteiger partial charge in [0.1, 0.15) is 5.82 Å². The van der Waals surface area contributed by atoms with Crippen LogP contribution in [0.4, 0.5) is 4.39 Å². The number of nitrogens with zero attached hydrogens (tertiary/aromatic N) is 1. The molecular formula is C16H22FNO2. The summed E-state index contributed by atoms with van der Waals surface area (Å²) < 4.78 is 18.4. The summed E-state index contributed by atoms with van der Waals surface area (Å²) >= 11 is 0. The van der Waals surface area contributed by atoms with Crippen molar-refractivity contribution < 1.29 is 13.9 Å². The molecule has 0 N–H and O–H groups in total. The summed E-state index contributed by atoms with van der Waals surface area (Å²) in [7, 11) is 1.26. The van der Waals surface area contributed by atoms with E-state index in [2.05, 4.69) is 23.5 Å². The Bertz CT molecular complexity index is 487. The first-order valence-electron chi connectivity index (χ1n) is 7.10. The van der Waals surface area contributed by atoms with E-state index < -0.39 is 11.8 Å². The lowest BCUT2D eigenvalue weighted by Crippen LogP contribution is -2.21. The van der Waals surface area contributed by atoms with Crippen LogP contribution < -0.4 is 0 Å². The molecule has 1 fully saturated rings. The zero-order valence-corrected chi connectivity index (χ0v) is 12.4. The van der Waals surface area contributed by atoms with Crippen LogP contribution in [0.15, 0.2) is 18.2 Å². The Morgan fingerprint density at radius 1 is 1.50 bits per heavy atom. The number of carbonyl (C=O) groups excluding carboxylic acids is 1. The van der Waals surface area contributed by atoms with Gasteiger partial charge in [0.25, 0.3) is 0 Å². The number of rotatable bonds is 4. The zero-order chi connectivity index (χ0) is 14.7. The monoisotopic (exact) mass is 279 g/mol. The average molecular weight is 279 g/mol. The summed E-state index contributed by atoms with van der Waals surface area (Å²) in [6, 6.07) is 4.75. The Morgan fingerprint density at radius 3 is 2.80 bits per heavy atom. The van der Waals surface area contributed by atoms with E-state index in [0.717, 1.165) is 31.1 Å². The molecule has 20 heavy (non-hydrogen) atoms. The second-order valence-corrected chi connectivity index (χ2v) is 5.83. The molecule has 0 aromatic heterocycles. The third-order valence-corrected chi connectivity index (χ3v) is 4.10. The highest BCUT2D eigenvalue weighted by atomic mass is 19.1. The van der Waals surface area contributed by atoms with Crippen LogP contribution in [0.3, 0.4) is 0 Å². The molecule has 0 bridgehead atoms. The Balaban J connectivity index is 2.01. The number of hydrogen-bond acceptors (Lipinski definition) is 3. The molecule has 3 nitrogen and oxygen atoms in total. The van der Waals surface area contributed by atoms with Gasteiger partial charge in [-0.15, -0.1) is 0 Å². The number of likely N-dealkylation sites (tertiary alicyclic amines) is 1. The minimum Gasteiger partial charge on any atom is -0.465 e. The minimum absolute atomic E-state index is 0.00210. The van der Waals surface area contributed by atoms with Gasteiger partial charge in [0.2, 0.25) is 0 Å². The highest BCUT2D eigenvalue weighted by Gasteiger charge is 2.25. The van der Waals surface area contributed by atoms with Crippen LogP contribution in [0.25, 0.3) is 0 Å². The molecule has 1 saturated heterocycles. The SMILES string of the molecule is COC(=O)c1ccc(CN2CCC(C(C)C)C2)cc1F. The number of hydrogen-bond donors (Lipinski definition) is 0. The third-order valence-electron chi connectivity index (χ3n) is 4.10. The first-order chi connectivity index (χ1) is 9.51. The first kappa shape index (κ1) is 15.0. The largest absolute Gasteiger partial charge is 0.465 e. The summed E-state index contributed by atoms with van der Waals surface area (Å²) in [5.74, 6) is 0.289. The van der Waals surface area contributed by atoms with E-state index in [0.29, 0.717) is 5.92 Å². The molecule has 4 heteroatoms. The van der Waals surface area contributed by atoms with Crippen LogP contribution in [0, 0.1) is 17.7 Å². The molecule has 1 aromatic carbocycles. The molecule has 1 heterocycles. The van der Waals surface area contributed by atoms with Crippen molar-refractivity contribution in [1.82, 2.24) is 4.90 Å². The number of halogens is 1. The average Bonchev–Trinajstić information content (AvgIpc) is 2.87. The number of esters is 1. The Kier molecular flexibility index (Phi) is 4.76. The molecule has 0 saturated carbocycles. The predicted molar refractivity (Wildman–Crippen MR) is 76.0 cm³/mol. The minimum atomic E-state index is -0.630. The lowest BCUT2D eigenvalue weighted by atomic mass is 9.95. The molecular weight excluding hydrogens is 257 g/mol. The molecule has 1 aliphatic heterocycles. The molecule has 0 aliphatic carbocycles. The molecule has 1 aromatic rings. The standard InChI is InChI=1S/C16H22FNO2/c1-11(2)13-6-7-18(10-13)9-12-4-5-14(15(17)8-12)16(19)20-3/h4-5,8,11,13H,6-7,9-10H2,1-3H3. The fourth-order valence-corrected chi connectivity index (χ4v) is 2.74. The quantitative estimate of drug-likeness (QED) is 0.793. The lowest BCUT2D eigenvalue weighted by Gasteiger charge is -2.18. The predicted octanol–water partition coefficient (Wildman–Crippen LogP) is 3.09. The van der Waals surface area contributed by atoms with Crippen LogP contribution in [0.1, 0.15) is 36.2 Å². The van der Waals surface area contributed by atoms with Gasteiger partial charge in [-0.1, -0.05) is 19.9 Å². The van der Waals surface area contributed by atoms with Crippen LogP contribution in [-0.2, 0) is 11.3 Å². The molecule has 2 rings (SSSR count). The Hall–Kier alpha value is -1.42. The molecule has 0 amide bonds. The van der Waals surface area contributed by atoms with E-state index in [1.54, 1.807) is 6.07 Å². The van der Waals surface area contributed by atoms with Gasteiger partial charge in [-0.05, 0) is 42.5 Å². The van der Waals surface area contributed by atoms with Gasteiger partial charge in [0, 0.05) is 13.1 Å². The van der Waals surface area contributed by atoms with Gasteiger partial charge < -0.3 is 4.74 Å². The topological polar surface area (TPSA) is 29.5 Å². The Morgan fingerprint density at radius 2 is 2.25 bits per heavy atom. The van der Waals surface area contributed by atoms with E-state index in [1.807, 2.05) is 0 Å². The van der Waals surface area contributed by atoms with Crippen molar-refractivity contribution in [3.8, 4) is 0 Å². The van der Waals surface area contributed by atoms with Gasteiger partial charge in [0.15, 0.2) is 0 Å². The molecule has 0 radical (unpaired) electrons. The van der Waals surface area contributed by atoms with Crippen molar-refractivity contribution in [3.05, 3.63) is 35.1 Å². The summed E-state index contributed by atoms with van der Waals surface area (Å²) in [6.45, 7) is 7.36. The number of carbonyl (C=O) groups is 1. The van der Waals surface area contributed by atoms with Crippen molar-refractivity contribution in [3.63, 3.8) is 0 Å². The molecule has 1 unspecified atom stereocenters. The normalized spacial score (nSPS) is 19.6. The van der Waals surface area contributed by atoms with Crippen LogP contribution >= 0.6 is 0 Å². The fraction of sp³-hybridized carbons (Fsp3) is 0.562. The number of benzene rings is 1. The highest BCUT2D eigenvalue weighted by molar-refractivity contribution is 5.89. The van der Waals surface area contributed by atoms with Gasteiger partial charge >= 0.3 is 5.97 Å². The van der Waals surface area contributed by atoms with Gasteiger partial charge in [-0.3, -0.25) is 4.90 Å². The zero-order valence-electron chi connectivity index (χ0n) is 12.4. The molecule has 1 atom stereocenters. The van der Waals surface area contributed by atoms with Crippen LogP contribution in [0.5, 0.6) is 0 Å². The van der Waals surface area contributed by atoms with Gasteiger partial charge in [-0.25, -0.2) is 9.18 Å². The van der Waals surface area contributed by atoms with E-state index in [-0.39, 0.29) is 5.56 Å². The lowest BCUT2D eigenvalue weighted by molar-refractivity contribution is 0.0595. The van der Waals surface area contributed by atoms with E-state index in [1.165, 1.54) is 25.7 Å². The van der Waals surface area contributed by atoms with Crippen molar-refractivity contribution in [1.29, 1.82) is 0 Å². The molecule has 0 spiro atoms.